The predicted octanol–water partition coefficient (Wildman–Crippen LogP) is 2.42. The van der Waals surface area contributed by atoms with Gasteiger partial charge in [0.05, 0.1) is 20.3 Å². The number of rotatable bonds is 8. The zero-order chi connectivity index (χ0) is 18.8. The lowest BCUT2D eigenvalue weighted by molar-refractivity contribution is -0.127. The molecule has 0 saturated heterocycles. The first-order chi connectivity index (χ1) is 11.9. The zero-order valence-corrected chi connectivity index (χ0v) is 18.8. The summed E-state index contributed by atoms with van der Waals surface area (Å²) in [6, 6.07) is 5.58. The number of hydrogen-bond acceptors (Lipinski definition) is 4. The Morgan fingerprint density at radius 1 is 1.27 bits per heavy atom. The van der Waals surface area contributed by atoms with E-state index in [1.807, 2.05) is 25.1 Å². The van der Waals surface area contributed by atoms with Crippen LogP contribution in [0.5, 0.6) is 11.5 Å². The number of methoxy groups -OCH3 is 2. The van der Waals surface area contributed by atoms with Crippen molar-refractivity contribution in [2.24, 2.45) is 4.99 Å². The summed E-state index contributed by atoms with van der Waals surface area (Å²) < 4.78 is 10.7. The van der Waals surface area contributed by atoms with Crippen LogP contribution in [-0.4, -0.2) is 58.2 Å². The first-order valence-electron chi connectivity index (χ1n) is 8.39. The highest BCUT2D eigenvalue weighted by atomic mass is 127. The van der Waals surface area contributed by atoms with Crippen LogP contribution in [0.4, 0.5) is 0 Å². The van der Waals surface area contributed by atoms with Gasteiger partial charge in [-0.1, -0.05) is 6.92 Å². The fourth-order valence-corrected chi connectivity index (χ4v) is 2.14. The molecule has 1 aromatic carbocycles. The topological polar surface area (TPSA) is 75.2 Å². The van der Waals surface area contributed by atoms with E-state index >= 15 is 0 Å². The van der Waals surface area contributed by atoms with Crippen molar-refractivity contribution >= 4 is 35.8 Å². The van der Waals surface area contributed by atoms with Crippen molar-refractivity contribution in [1.82, 2.24) is 15.5 Å². The molecule has 148 valence electrons. The molecule has 0 aliphatic rings. The summed E-state index contributed by atoms with van der Waals surface area (Å²) in [6.07, 6.45) is 0.958. The van der Waals surface area contributed by atoms with Gasteiger partial charge >= 0.3 is 0 Å². The fraction of sp³-hybridized carbons (Fsp3) is 0.556. The quantitative estimate of drug-likeness (QED) is 0.341. The summed E-state index contributed by atoms with van der Waals surface area (Å²) >= 11 is 0. The molecule has 1 rings (SSSR count). The number of aliphatic imine (C=N–C) groups is 1. The minimum Gasteiger partial charge on any atom is -0.497 e. The van der Waals surface area contributed by atoms with Crippen LogP contribution in [0.25, 0.3) is 0 Å². The highest BCUT2D eigenvalue weighted by molar-refractivity contribution is 14.0. The van der Waals surface area contributed by atoms with E-state index in [1.165, 1.54) is 4.90 Å². The molecule has 2 N–H and O–H groups in total. The molecule has 0 radical (unpaired) electrons. The van der Waals surface area contributed by atoms with Gasteiger partial charge in [-0.2, -0.15) is 0 Å². The van der Waals surface area contributed by atoms with Crippen molar-refractivity contribution in [3.05, 3.63) is 23.8 Å². The minimum absolute atomic E-state index is 0. The summed E-state index contributed by atoms with van der Waals surface area (Å²) in [6.45, 7) is 4.94. The number of guanidine groups is 1. The van der Waals surface area contributed by atoms with E-state index in [0.717, 1.165) is 30.0 Å². The second-order valence-corrected chi connectivity index (χ2v) is 5.85. The molecule has 0 saturated carbocycles. The van der Waals surface area contributed by atoms with Crippen LogP contribution in [-0.2, 0) is 4.79 Å². The van der Waals surface area contributed by atoms with Gasteiger partial charge in [0.25, 0.3) is 0 Å². The van der Waals surface area contributed by atoms with Gasteiger partial charge in [-0.15, -0.1) is 24.0 Å². The number of hydrogen-bond donors (Lipinski definition) is 2. The zero-order valence-electron chi connectivity index (χ0n) is 16.5. The predicted molar refractivity (Wildman–Crippen MR) is 116 cm³/mol. The average molecular weight is 478 g/mol. The second kappa shape index (κ2) is 12.6. The Kier molecular flexibility index (Phi) is 11.8. The molecule has 0 aliphatic heterocycles. The Morgan fingerprint density at radius 3 is 2.50 bits per heavy atom. The van der Waals surface area contributed by atoms with E-state index in [2.05, 4.69) is 22.5 Å². The van der Waals surface area contributed by atoms with Gasteiger partial charge in [0.2, 0.25) is 5.91 Å². The molecular formula is C18H31IN4O3. The Bertz CT molecular complexity index is 594. The summed E-state index contributed by atoms with van der Waals surface area (Å²) in [7, 11) is 6.70. The van der Waals surface area contributed by atoms with Crippen molar-refractivity contribution < 1.29 is 14.3 Å². The second-order valence-electron chi connectivity index (χ2n) is 5.85. The van der Waals surface area contributed by atoms with Crippen LogP contribution >= 0.6 is 24.0 Å². The number of carbonyl (C=O) groups is 1. The van der Waals surface area contributed by atoms with Crippen LogP contribution in [0.2, 0.25) is 0 Å². The molecule has 0 heterocycles. The van der Waals surface area contributed by atoms with E-state index < -0.39 is 0 Å². The average Bonchev–Trinajstić information content (AvgIpc) is 2.62. The van der Waals surface area contributed by atoms with Gasteiger partial charge in [-0.05, 0) is 31.5 Å². The number of benzene rings is 1. The van der Waals surface area contributed by atoms with E-state index in [-0.39, 0.29) is 42.5 Å². The smallest absolute Gasteiger partial charge is 0.243 e. The molecule has 1 amide bonds. The van der Waals surface area contributed by atoms with E-state index in [9.17, 15) is 4.79 Å². The molecule has 0 spiro atoms. The minimum atomic E-state index is -0.0809. The number of nitrogens with one attached hydrogen (secondary N) is 2. The van der Waals surface area contributed by atoms with Crippen molar-refractivity contribution in [2.75, 3.05) is 41.4 Å². The molecular weight excluding hydrogens is 447 g/mol. The van der Waals surface area contributed by atoms with E-state index in [4.69, 9.17) is 9.47 Å². The summed E-state index contributed by atoms with van der Waals surface area (Å²) in [5.41, 5.74) is 0.951. The molecule has 7 nitrogen and oxygen atoms in total. The maximum Gasteiger partial charge on any atom is 0.243 e. The van der Waals surface area contributed by atoms with E-state index in [1.54, 1.807) is 28.3 Å². The summed E-state index contributed by atoms with van der Waals surface area (Å²) in [4.78, 5) is 17.7. The SMILES string of the molecule is CCCNC(=NCC(=O)N(C)C)NC(C)c1cc(OC)ccc1OC.I. The monoisotopic (exact) mass is 478 g/mol. The molecule has 26 heavy (non-hydrogen) atoms. The standard InChI is InChI=1S/C18H30N4O3.HI/c1-7-10-19-18(20-12-17(23)22(3)4)21-13(2)15-11-14(24-5)8-9-16(15)25-6;/h8-9,11,13H,7,10,12H2,1-6H3,(H2,19,20,21);1H. The lowest BCUT2D eigenvalue weighted by Gasteiger charge is -2.21. The first-order valence-corrected chi connectivity index (χ1v) is 8.39. The number of amides is 1. The number of ether oxygens (including phenoxy) is 2. The lowest BCUT2D eigenvalue weighted by atomic mass is 10.1. The summed E-state index contributed by atoms with van der Waals surface area (Å²) in [5.74, 6) is 2.06. The van der Waals surface area contributed by atoms with Gasteiger partial charge in [0.1, 0.15) is 18.0 Å². The van der Waals surface area contributed by atoms with Crippen molar-refractivity contribution in [1.29, 1.82) is 0 Å². The Morgan fingerprint density at radius 2 is 1.96 bits per heavy atom. The highest BCUT2D eigenvalue weighted by Crippen LogP contribution is 2.29. The van der Waals surface area contributed by atoms with Gasteiger partial charge in [0, 0.05) is 26.2 Å². The molecule has 0 aliphatic carbocycles. The normalized spacial score (nSPS) is 11.8. The number of likely N-dealkylation sites (N-methyl/N-ethyl adjacent to an activating group) is 1. The van der Waals surface area contributed by atoms with Gasteiger partial charge < -0.3 is 25.0 Å². The maximum atomic E-state index is 11.8. The molecule has 0 fully saturated rings. The first kappa shape index (κ1) is 24.3. The number of carbonyl (C=O) groups excluding carboxylic acids is 1. The Labute approximate surface area is 173 Å². The van der Waals surface area contributed by atoms with Crippen molar-refractivity contribution in [3.63, 3.8) is 0 Å². The molecule has 1 atom stereocenters. The van der Waals surface area contributed by atoms with Crippen LogP contribution in [0.1, 0.15) is 31.9 Å². The Hall–Kier alpha value is -1.71. The van der Waals surface area contributed by atoms with Crippen molar-refractivity contribution in [3.8, 4) is 11.5 Å². The highest BCUT2D eigenvalue weighted by Gasteiger charge is 2.15. The molecule has 0 aromatic heterocycles. The number of nitrogens with zero attached hydrogens (tertiary/aromatic N) is 2. The van der Waals surface area contributed by atoms with Crippen LogP contribution < -0.4 is 20.1 Å². The molecule has 1 aromatic rings. The Balaban J connectivity index is 0.00000625. The third-order valence-electron chi connectivity index (χ3n) is 3.67. The van der Waals surface area contributed by atoms with Gasteiger partial charge in [-0.3, -0.25) is 4.79 Å². The van der Waals surface area contributed by atoms with Crippen molar-refractivity contribution in [2.45, 2.75) is 26.3 Å². The van der Waals surface area contributed by atoms with E-state index in [0.29, 0.717) is 5.96 Å². The molecule has 0 bridgehead atoms. The fourth-order valence-electron chi connectivity index (χ4n) is 2.14. The molecule has 8 heteroatoms. The van der Waals surface area contributed by atoms with Gasteiger partial charge in [-0.25, -0.2) is 4.99 Å². The molecule has 1 unspecified atom stereocenters. The summed E-state index contributed by atoms with van der Waals surface area (Å²) in [5, 5.41) is 6.55. The largest absolute Gasteiger partial charge is 0.497 e. The maximum absolute atomic E-state index is 11.8. The van der Waals surface area contributed by atoms with Crippen LogP contribution in [0, 0.1) is 0 Å². The van der Waals surface area contributed by atoms with Crippen LogP contribution in [0.15, 0.2) is 23.2 Å². The van der Waals surface area contributed by atoms with Crippen LogP contribution in [0.3, 0.4) is 0 Å². The third-order valence-corrected chi connectivity index (χ3v) is 3.67. The third kappa shape index (κ3) is 7.67. The lowest BCUT2D eigenvalue weighted by Crippen LogP contribution is -2.40. The number of halogens is 1. The van der Waals surface area contributed by atoms with Gasteiger partial charge in [0.15, 0.2) is 5.96 Å².